The molecule has 1 atom stereocenters. The Morgan fingerprint density at radius 2 is 1.71 bits per heavy atom. The van der Waals surface area contributed by atoms with Gasteiger partial charge in [-0.05, 0) is 78.3 Å². The highest BCUT2D eigenvalue weighted by Gasteiger charge is 2.57. The Morgan fingerprint density at radius 1 is 1.11 bits per heavy atom. The largest absolute Gasteiger partial charge is 0.467 e. The molecule has 4 fully saturated rings. The van der Waals surface area contributed by atoms with Crippen LogP contribution in [-0.4, -0.2) is 39.6 Å². The summed E-state index contributed by atoms with van der Waals surface area (Å²) in [6.07, 6.45) is 1.17. The number of aromatic nitrogens is 3. The number of methoxy groups -OCH3 is 1. The topological polar surface area (TPSA) is 85.6 Å². The molecule has 1 N–H and O–H groups in total. The van der Waals surface area contributed by atoms with E-state index >= 15 is 0 Å². The van der Waals surface area contributed by atoms with E-state index < -0.39 is 35.2 Å². The van der Waals surface area contributed by atoms with Crippen LogP contribution in [0.5, 0.6) is 0 Å². The number of ether oxygens (including phenoxy) is 1. The van der Waals surface area contributed by atoms with Crippen LogP contribution in [0.25, 0.3) is 16.9 Å². The number of alkyl halides is 3. The van der Waals surface area contributed by atoms with Gasteiger partial charge in [0.2, 0.25) is 0 Å². The van der Waals surface area contributed by atoms with Gasteiger partial charge in [0, 0.05) is 11.0 Å². The van der Waals surface area contributed by atoms with Crippen molar-refractivity contribution in [2.24, 2.45) is 23.2 Å². The molecule has 0 radical (unpaired) electrons. The maximum Gasteiger partial charge on any atom is 0.433 e. The molecule has 1 unspecified atom stereocenters. The number of rotatable bonds is 5. The summed E-state index contributed by atoms with van der Waals surface area (Å²) in [5, 5.41) is 6.84. The number of nitrogens with one attached hydrogen (secondary N) is 1. The number of halogens is 4. The third-order valence-corrected chi connectivity index (χ3v) is 9.25. The number of carbonyl (C=O) groups is 2. The van der Waals surface area contributed by atoms with Crippen molar-refractivity contribution in [3.05, 3.63) is 52.3 Å². The van der Waals surface area contributed by atoms with Crippen LogP contribution < -0.4 is 5.32 Å². The minimum atomic E-state index is -4.75. The van der Waals surface area contributed by atoms with Crippen LogP contribution in [0.1, 0.15) is 54.7 Å². The number of amides is 1. The van der Waals surface area contributed by atoms with Gasteiger partial charge < -0.3 is 10.1 Å². The first-order valence-corrected chi connectivity index (χ1v) is 13.5. The van der Waals surface area contributed by atoms with E-state index in [2.05, 4.69) is 31.3 Å². The average molecular weight is 591 g/mol. The van der Waals surface area contributed by atoms with E-state index in [0.717, 1.165) is 44.6 Å². The number of hydrogen-bond acceptors (Lipinski definition) is 5. The van der Waals surface area contributed by atoms with Crippen LogP contribution in [0.4, 0.5) is 13.2 Å². The second kappa shape index (κ2) is 9.07. The zero-order valence-electron chi connectivity index (χ0n) is 20.6. The SMILES string of the molecule is COC(=O)C(NC(=O)c1nn2c(C(F)(F)F)cc(-c3ccccc3)nc2c1Br)C12CC3CC(CC(C3)C1)C2. The fraction of sp³-hybridized carbons (Fsp3) is 0.481. The molecule has 7 nitrogen and oxygen atoms in total. The van der Waals surface area contributed by atoms with Crippen LogP contribution in [0, 0.1) is 23.2 Å². The molecule has 4 saturated carbocycles. The Balaban J connectivity index is 1.39. The summed E-state index contributed by atoms with van der Waals surface area (Å²) >= 11 is 3.28. The predicted molar refractivity (Wildman–Crippen MR) is 135 cm³/mol. The summed E-state index contributed by atoms with van der Waals surface area (Å²) < 4.78 is 48.0. The van der Waals surface area contributed by atoms with Gasteiger partial charge in [0.1, 0.15) is 6.04 Å². The molecule has 4 aliphatic carbocycles. The van der Waals surface area contributed by atoms with E-state index in [-0.39, 0.29) is 21.5 Å². The van der Waals surface area contributed by atoms with Gasteiger partial charge in [-0.3, -0.25) is 4.79 Å². The lowest BCUT2D eigenvalue weighted by Gasteiger charge is -2.58. The number of fused-ring (bicyclic) bond motifs is 1. The highest BCUT2D eigenvalue weighted by atomic mass is 79.9. The van der Waals surface area contributed by atoms with E-state index in [1.807, 2.05) is 0 Å². The normalized spacial score (nSPS) is 26.9. The molecule has 4 aliphatic rings. The van der Waals surface area contributed by atoms with Crippen LogP contribution in [0.3, 0.4) is 0 Å². The van der Waals surface area contributed by atoms with E-state index in [9.17, 15) is 22.8 Å². The molecule has 0 spiro atoms. The second-order valence-corrected chi connectivity index (χ2v) is 11.8. The van der Waals surface area contributed by atoms with Crippen molar-refractivity contribution in [1.82, 2.24) is 19.9 Å². The summed E-state index contributed by atoms with van der Waals surface area (Å²) in [6.45, 7) is 0. The molecule has 200 valence electrons. The molecule has 7 rings (SSSR count). The Hall–Kier alpha value is -2.95. The fourth-order valence-corrected chi connectivity index (χ4v) is 7.92. The second-order valence-electron chi connectivity index (χ2n) is 11.0. The van der Waals surface area contributed by atoms with Crippen molar-refractivity contribution in [3.8, 4) is 11.3 Å². The molecule has 0 aliphatic heterocycles. The summed E-state index contributed by atoms with van der Waals surface area (Å²) in [6, 6.07) is 8.49. The first-order chi connectivity index (χ1) is 18.1. The van der Waals surface area contributed by atoms with Crippen LogP contribution in [0.2, 0.25) is 0 Å². The summed E-state index contributed by atoms with van der Waals surface area (Å²) in [5.41, 5.74) is -1.31. The van der Waals surface area contributed by atoms with Crippen molar-refractivity contribution in [1.29, 1.82) is 0 Å². The summed E-state index contributed by atoms with van der Waals surface area (Å²) in [5.74, 6) is 0.259. The quantitative estimate of drug-likeness (QED) is 0.387. The molecule has 38 heavy (non-hydrogen) atoms. The van der Waals surface area contributed by atoms with Gasteiger partial charge in [-0.25, -0.2) is 14.3 Å². The number of benzene rings is 1. The molecule has 1 amide bonds. The molecule has 2 aromatic heterocycles. The molecule has 2 heterocycles. The summed E-state index contributed by atoms with van der Waals surface area (Å²) in [4.78, 5) is 30.9. The molecule has 0 saturated heterocycles. The van der Waals surface area contributed by atoms with E-state index in [1.165, 1.54) is 7.11 Å². The smallest absolute Gasteiger partial charge is 0.433 e. The zero-order chi connectivity index (χ0) is 26.8. The number of carbonyl (C=O) groups excluding carboxylic acids is 2. The van der Waals surface area contributed by atoms with Crippen molar-refractivity contribution in [2.45, 2.75) is 50.7 Å². The maximum atomic E-state index is 14.1. The number of nitrogens with zero attached hydrogens (tertiary/aromatic N) is 3. The lowest BCUT2D eigenvalue weighted by atomic mass is 9.47. The zero-order valence-corrected chi connectivity index (χ0v) is 22.2. The average Bonchev–Trinajstić information content (AvgIpc) is 3.21. The minimum absolute atomic E-state index is 0.0207. The van der Waals surface area contributed by atoms with Gasteiger partial charge in [-0.15, -0.1) is 0 Å². The Morgan fingerprint density at radius 3 is 2.26 bits per heavy atom. The molecular weight excluding hydrogens is 565 g/mol. The lowest BCUT2D eigenvalue weighted by molar-refractivity contribution is -0.154. The first kappa shape index (κ1) is 25.3. The van der Waals surface area contributed by atoms with Gasteiger partial charge in [0.15, 0.2) is 17.0 Å². The van der Waals surface area contributed by atoms with Crippen molar-refractivity contribution >= 4 is 33.5 Å². The van der Waals surface area contributed by atoms with Gasteiger partial charge in [0.05, 0.1) is 17.3 Å². The maximum absolute atomic E-state index is 14.1. The lowest BCUT2D eigenvalue weighted by Crippen LogP contribution is -2.60. The highest BCUT2D eigenvalue weighted by Crippen LogP contribution is 2.61. The Kier molecular flexibility index (Phi) is 6.04. The van der Waals surface area contributed by atoms with Gasteiger partial charge in [-0.2, -0.15) is 18.3 Å². The standard InChI is InChI=1S/C27H26BrF3N4O3/c1-38-25(37)22(26-11-14-7-15(12-26)9-16(8-14)13-26)33-24(36)21-20(28)23-32-18(17-5-3-2-4-6-17)10-19(27(29,30)31)35(23)34-21/h2-6,10,14-16,22H,7-9,11-13H2,1H3,(H,33,36). The van der Waals surface area contributed by atoms with Gasteiger partial charge in [0.25, 0.3) is 5.91 Å². The van der Waals surface area contributed by atoms with Crippen LogP contribution >= 0.6 is 15.9 Å². The third-order valence-electron chi connectivity index (χ3n) is 8.52. The molecule has 11 heteroatoms. The van der Waals surface area contributed by atoms with E-state index in [1.54, 1.807) is 30.3 Å². The third kappa shape index (κ3) is 4.19. The molecule has 4 bridgehead atoms. The molecule has 3 aromatic rings. The number of hydrogen-bond donors (Lipinski definition) is 1. The predicted octanol–water partition coefficient (Wildman–Crippen LogP) is 5.67. The Labute approximate surface area is 225 Å². The van der Waals surface area contributed by atoms with Crippen molar-refractivity contribution in [2.75, 3.05) is 7.11 Å². The minimum Gasteiger partial charge on any atom is -0.467 e. The van der Waals surface area contributed by atoms with Gasteiger partial charge in [-0.1, -0.05) is 30.3 Å². The first-order valence-electron chi connectivity index (χ1n) is 12.7. The number of esters is 1. The van der Waals surface area contributed by atoms with Gasteiger partial charge >= 0.3 is 12.1 Å². The van der Waals surface area contributed by atoms with Crippen molar-refractivity contribution in [3.63, 3.8) is 0 Å². The Bertz CT molecular complexity index is 1390. The highest BCUT2D eigenvalue weighted by molar-refractivity contribution is 9.10. The van der Waals surface area contributed by atoms with Crippen molar-refractivity contribution < 1.29 is 27.5 Å². The van der Waals surface area contributed by atoms with E-state index in [4.69, 9.17) is 4.74 Å². The fourth-order valence-electron chi connectivity index (χ4n) is 7.41. The molecule has 1 aromatic carbocycles. The molecular formula is C27H26BrF3N4O3. The van der Waals surface area contributed by atoms with Crippen LogP contribution in [0.15, 0.2) is 40.9 Å². The van der Waals surface area contributed by atoms with Crippen LogP contribution in [-0.2, 0) is 15.7 Å². The monoisotopic (exact) mass is 590 g/mol. The summed E-state index contributed by atoms with van der Waals surface area (Å²) in [7, 11) is 1.29. The van der Waals surface area contributed by atoms with E-state index in [0.29, 0.717) is 27.8 Å².